The maximum Gasteiger partial charge on any atom is 0.262 e. The molecule has 0 aliphatic carbocycles. The Labute approximate surface area is 221 Å². The van der Waals surface area contributed by atoms with E-state index in [1.807, 2.05) is 58.9 Å². The molecular formula is C27H36BrN3O5. The average molecular weight is 563 g/mol. The third kappa shape index (κ3) is 9.53. The number of aryl methyl sites for hydroxylation is 1. The zero-order valence-electron chi connectivity index (χ0n) is 21.6. The summed E-state index contributed by atoms with van der Waals surface area (Å²) in [6, 6.07) is 10.3. The van der Waals surface area contributed by atoms with Gasteiger partial charge in [-0.15, -0.1) is 0 Å². The summed E-state index contributed by atoms with van der Waals surface area (Å²) < 4.78 is 17.8. The van der Waals surface area contributed by atoms with Crippen LogP contribution in [0.5, 0.6) is 17.2 Å². The summed E-state index contributed by atoms with van der Waals surface area (Å²) >= 11 is 3.52. The van der Waals surface area contributed by atoms with E-state index in [1.165, 1.54) is 6.21 Å². The second-order valence-corrected chi connectivity index (χ2v) is 9.50. The van der Waals surface area contributed by atoms with Crippen molar-refractivity contribution >= 4 is 34.0 Å². The van der Waals surface area contributed by atoms with Crippen LogP contribution < -0.4 is 25.0 Å². The first kappa shape index (κ1) is 29.2. The predicted octanol–water partition coefficient (Wildman–Crippen LogP) is 5.01. The molecule has 2 aromatic rings. The minimum absolute atomic E-state index is 0.183. The number of hydrogen-bond donors (Lipinski definition) is 2. The van der Waals surface area contributed by atoms with E-state index in [0.717, 1.165) is 16.5 Å². The van der Waals surface area contributed by atoms with E-state index < -0.39 is 11.9 Å². The second-order valence-electron chi connectivity index (χ2n) is 8.65. The molecule has 2 rings (SSSR count). The van der Waals surface area contributed by atoms with E-state index in [1.54, 1.807) is 12.1 Å². The predicted molar refractivity (Wildman–Crippen MR) is 145 cm³/mol. The number of carbonyl (C=O) groups is 2. The highest BCUT2D eigenvalue weighted by molar-refractivity contribution is 9.10. The summed E-state index contributed by atoms with van der Waals surface area (Å²) in [5, 5.41) is 6.85. The largest absolute Gasteiger partial charge is 0.490 e. The SMILES string of the molecule is CCCOc1c(Br)cc(/C=N\NC(=O)[C@@H](CC(C)C)NC(=O)COc2ccccc2C)cc1OCC. The molecule has 1 atom stereocenters. The van der Waals surface area contributed by atoms with Crippen molar-refractivity contribution in [1.29, 1.82) is 0 Å². The number of nitrogens with zero attached hydrogens (tertiary/aromatic N) is 1. The van der Waals surface area contributed by atoms with Crippen molar-refractivity contribution < 1.29 is 23.8 Å². The van der Waals surface area contributed by atoms with E-state index in [-0.39, 0.29) is 18.4 Å². The molecule has 0 spiro atoms. The van der Waals surface area contributed by atoms with E-state index in [2.05, 4.69) is 31.8 Å². The molecule has 0 saturated carbocycles. The molecule has 0 fully saturated rings. The Morgan fingerprint density at radius 1 is 1.08 bits per heavy atom. The van der Waals surface area contributed by atoms with Crippen LogP contribution in [0.15, 0.2) is 46.0 Å². The number of hydrogen-bond acceptors (Lipinski definition) is 6. The van der Waals surface area contributed by atoms with Crippen LogP contribution in [0.2, 0.25) is 0 Å². The Morgan fingerprint density at radius 2 is 1.83 bits per heavy atom. The van der Waals surface area contributed by atoms with Crippen molar-refractivity contribution in [1.82, 2.24) is 10.7 Å². The van der Waals surface area contributed by atoms with Gasteiger partial charge in [-0.05, 0) is 77.9 Å². The first-order valence-electron chi connectivity index (χ1n) is 12.1. The maximum atomic E-state index is 12.8. The Kier molecular flexibility index (Phi) is 12.3. The van der Waals surface area contributed by atoms with Crippen molar-refractivity contribution in [2.24, 2.45) is 11.0 Å². The van der Waals surface area contributed by atoms with E-state index >= 15 is 0 Å². The van der Waals surface area contributed by atoms with Crippen LogP contribution in [0.1, 0.15) is 51.7 Å². The van der Waals surface area contributed by atoms with Gasteiger partial charge in [0.2, 0.25) is 0 Å². The van der Waals surface area contributed by atoms with Crippen LogP contribution >= 0.6 is 15.9 Å². The van der Waals surface area contributed by atoms with Gasteiger partial charge in [0.25, 0.3) is 11.8 Å². The highest BCUT2D eigenvalue weighted by atomic mass is 79.9. The fourth-order valence-electron chi connectivity index (χ4n) is 3.32. The lowest BCUT2D eigenvalue weighted by atomic mass is 10.0. The quantitative estimate of drug-likeness (QED) is 0.249. The van der Waals surface area contributed by atoms with E-state index in [9.17, 15) is 9.59 Å². The van der Waals surface area contributed by atoms with Gasteiger partial charge in [-0.3, -0.25) is 9.59 Å². The van der Waals surface area contributed by atoms with Gasteiger partial charge in [-0.1, -0.05) is 39.0 Å². The molecule has 0 bridgehead atoms. The van der Waals surface area contributed by atoms with Crippen LogP contribution in [0.3, 0.4) is 0 Å². The highest BCUT2D eigenvalue weighted by Gasteiger charge is 2.22. The monoisotopic (exact) mass is 561 g/mol. The van der Waals surface area contributed by atoms with Crippen LogP contribution in [0, 0.1) is 12.8 Å². The number of halogens is 1. The van der Waals surface area contributed by atoms with Gasteiger partial charge in [-0.2, -0.15) is 5.10 Å². The lowest BCUT2D eigenvalue weighted by Gasteiger charge is -2.19. The number of ether oxygens (including phenoxy) is 3. The minimum Gasteiger partial charge on any atom is -0.490 e. The Bertz CT molecular complexity index is 1040. The molecule has 0 saturated heterocycles. The number of carbonyl (C=O) groups excluding carboxylic acids is 2. The van der Waals surface area contributed by atoms with Crippen molar-refractivity contribution in [3.05, 3.63) is 52.0 Å². The van der Waals surface area contributed by atoms with E-state index in [4.69, 9.17) is 14.2 Å². The Hall–Kier alpha value is -3.07. The minimum atomic E-state index is -0.745. The number of amides is 2. The normalized spacial score (nSPS) is 11.9. The fraction of sp³-hybridized carbons (Fsp3) is 0.444. The molecule has 8 nitrogen and oxygen atoms in total. The fourth-order valence-corrected chi connectivity index (χ4v) is 3.89. The zero-order chi connectivity index (χ0) is 26.5. The smallest absolute Gasteiger partial charge is 0.262 e. The van der Waals surface area contributed by atoms with Crippen LogP contribution in [-0.2, 0) is 9.59 Å². The third-order valence-corrected chi connectivity index (χ3v) is 5.57. The molecule has 9 heteroatoms. The standard InChI is InChI=1S/C27H36BrN3O5/c1-6-12-35-26-21(28)14-20(15-24(26)34-7-2)16-29-31-27(33)22(13-18(3)4)30-25(32)17-36-23-11-9-8-10-19(23)5/h8-11,14-16,18,22H,6-7,12-13,17H2,1-5H3,(H,30,32)(H,31,33)/b29-16-/t22-/m1/s1. The first-order valence-corrected chi connectivity index (χ1v) is 12.9. The van der Waals surface area contributed by atoms with E-state index in [0.29, 0.717) is 42.4 Å². The van der Waals surface area contributed by atoms with Gasteiger partial charge in [0.05, 0.1) is 23.9 Å². The average Bonchev–Trinajstić information content (AvgIpc) is 2.82. The molecule has 0 radical (unpaired) electrons. The van der Waals surface area contributed by atoms with Crippen molar-refractivity contribution in [3.63, 3.8) is 0 Å². The number of nitrogens with one attached hydrogen (secondary N) is 2. The summed E-state index contributed by atoms with van der Waals surface area (Å²) in [7, 11) is 0. The highest BCUT2D eigenvalue weighted by Crippen LogP contribution is 2.36. The maximum absolute atomic E-state index is 12.8. The van der Waals surface area contributed by atoms with Crippen LogP contribution in [-0.4, -0.2) is 43.9 Å². The molecule has 0 heterocycles. The van der Waals surface area contributed by atoms with Crippen LogP contribution in [0.4, 0.5) is 0 Å². The zero-order valence-corrected chi connectivity index (χ0v) is 23.2. The Balaban J connectivity index is 2.03. The molecule has 0 unspecified atom stereocenters. The molecule has 2 aromatic carbocycles. The van der Waals surface area contributed by atoms with Crippen molar-refractivity contribution in [2.75, 3.05) is 19.8 Å². The topological polar surface area (TPSA) is 98.2 Å². The molecule has 2 N–H and O–H groups in total. The lowest BCUT2D eigenvalue weighted by Crippen LogP contribution is -2.47. The molecule has 0 aliphatic rings. The molecule has 0 aromatic heterocycles. The number of rotatable bonds is 14. The number of benzene rings is 2. The molecule has 0 aliphatic heterocycles. The summed E-state index contributed by atoms with van der Waals surface area (Å²) in [6.45, 7) is 10.7. The lowest BCUT2D eigenvalue weighted by molar-refractivity contribution is -0.130. The van der Waals surface area contributed by atoms with Gasteiger partial charge in [-0.25, -0.2) is 5.43 Å². The number of para-hydroxylation sites is 1. The summed E-state index contributed by atoms with van der Waals surface area (Å²) in [5.41, 5.74) is 4.18. The van der Waals surface area contributed by atoms with Gasteiger partial charge < -0.3 is 19.5 Å². The molecule has 196 valence electrons. The molecular weight excluding hydrogens is 526 g/mol. The third-order valence-electron chi connectivity index (χ3n) is 4.98. The molecule has 2 amide bonds. The van der Waals surface area contributed by atoms with Crippen molar-refractivity contribution in [2.45, 2.75) is 53.5 Å². The number of hydrazone groups is 1. The Morgan fingerprint density at radius 3 is 2.50 bits per heavy atom. The summed E-state index contributed by atoms with van der Waals surface area (Å²) in [5.74, 6) is 1.25. The van der Waals surface area contributed by atoms with Crippen molar-refractivity contribution in [3.8, 4) is 17.2 Å². The molecule has 36 heavy (non-hydrogen) atoms. The second kappa shape index (κ2) is 15.1. The summed E-state index contributed by atoms with van der Waals surface area (Å²) in [4.78, 5) is 25.3. The van der Waals surface area contributed by atoms with Gasteiger partial charge in [0.15, 0.2) is 18.1 Å². The first-order chi connectivity index (χ1) is 17.2. The van der Waals surface area contributed by atoms with Gasteiger partial charge in [0.1, 0.15) is 11.8 Å². The summed E-state index contributed by atoms with van der Waals surface area (Å²) in [6.07, 6.45) is 2.85. The van der Waals surface area contributed by atoms with Gasteiger partial charge in [0, 0.05) is 0 Å². The van der Waals surface area contributed by atoms with Gasteiger partial charge >= 0.3 is 0 Å². The van der Waals surface area contributed by atoms with Crippen LogP contribution in [0.25, 0.3) is 0 Å².